The first-order valence-electron chi connectivity index (χ1n) is 8.70. The predicted octanol–water partition coefficient (Wildman–Crippen LogP) is 2.67. The second-order valence-electron chi connectivity index (χ2n) is 7.40. The molecule has 0 radical (unpaired) electrons. The van der Waals surface area contributed by atoms with Gasteiger partial charge in [-0.2, -0.15) is 5.26 Å². The summed E-state index contributed by atoms with van der Waals surface area (Å²) in [7, 11) is 1.59. The van der Waals surface area contributed by atoms with Crippen molar-refractivity contribution in [1.82, 2.24) is 15.3 Å². The van der Waals surface area contributed by atoms with E-state index >= 15 is 0 Å². The van der Waals surface area contributed by atoms with Crippen molar-refractivity contribution in [3.63, 3.8) is 0 Å². The molecule has 2 aromatic rings. The Balaban J connectivity index is 2.03. The van der Waals surface area contributed by atoms with Gasteiger partial charge in [0, 0.05) is 24.8 Å². The van der Waals surface area contributed by atoms with Crippen molar-refractivity contribution in [2.45, 2.75) is 33.7 Å². The Morgan fingerprint density at radius 1 is 1.33 bits per heavy atom. The van der Waals surface area contributed by atoms with Crippen LogP contribution in [0.3, 0.4) is 0 Å². The lowest BCUT2D eigenvalue weighted by Crippen LogP contribution is -2.26. The van der Waals surface area contributed by atoms with Crippen molar-refractivity contribution >= 4 is 11.7 Å². The number of methoxy groups -OCH3 is 1. The summed E-state index contributed by atoms with van der Waals surface area (Å²) in [5.74, 6) is 1.26. The smallest absolute Gasteiger partial charge is 0.234 e. The summed E-state index contributed by atoms with van der Waals surface area (Å²) in [5.41, 5.74) is 1.65. The maximum Gasteiger partial charge on any atom is 0.234 e. The summed E-state index contributed by atoms with van der Waals surface area (Å²) in [5, 5.41) is 15.1. The number of nitrogens with zero attached hydrogens (tertiary/aromatic N) is 3. The lowest BCUT2D eigenvalue weighted by Gasteiger charge is -2.20. The number of nitrogens with one attached hydrogen (secondary N) is 2. The number of hydrogen-bond donors (Lipinski definition) is 2. The summed E-state index contributed by atoms with van der Waals surface area (Å²) in [6.45, 7) is 7.26. The van der Waals surface area contributed by atoms with E-state index < -0.39 is 0 Å². The largest absolute Gasteiger partial charge is 0.497 e. The third-order valence-electron chi connectivity index (χ3n) is 3.73. The van der Waals surface area contributed by atoms with Gasteiger partial charge < -0.3 is 15.4 Å². The molecule has 0 aliphatic heterocycles. The zero-order valence-corrected chi connectivity index (χ0v) is 16.2. The zero-order chi connectivity index (χ0) is 19.9. The second kappa shape index (κ2) is 8.99. The van der Waals surface area contributed by atoms with E-state index in [2.05, 4.69) is 41.4 Å². The van der Waals surface area contributed by atoms with Crippen molar-refractivity contribution in [3.05, 3.63) is 47.4 Å². The third kappa shape index (κ3) is 6.59. The van der Waals surface area contributed by atoms with Crippen LogP contribution in [0, 0.1) is 16.7 Å². The fraction of sp³-hybridized carbons (Fsp3) is 0.400. The zero-order valence-electron chi connectivity index (χ0n) is 16.2. The minimum Gasteiger partial charge on any atom is -0.497 e. The van der Waals surface area contributed by atoms with Gasteiger partial charge in [0.2, 0.25) is 11.7 Å². The van der Waals surface area contributed by atoms with Gasteiger partial charge in [-0.05, 0) is 23.1 Å². The first-order chi connectivity index (χ1) is 12.8. The summed E-state index contributed by atoms with van der Waals surface area (Å²) in [6.07, 6.45) is 1.82. The molecule has 1 heterocycles. The Labute approximate surface area is 159 Å². The summed E-state index contributed by atoms with van der Waals surface area (Å²) >= 11 is 0. The molecule has 1 amide bonds. The van der Waals surface area contributed by atoms with Gasteiger partial charge in [0.05, 0.1) is 13.5 Å². The Bertz CT molecular complexity index is 837. The molecule has 0 bridgehead atoms. The monoisotopic (exact) mass is 367 g/mol. The van der Waals surface area contributed by atoms with Crippen molar-refractivity contribution in [3.8, 4) is 11.8 Å². The minimum atomic E-state index is -0.116. The summed E-state index contributed by atoms with van der Waals surface area (Å²) in [6, 6.07) is 9.34. The number of carbonyl (C=O) groups excluding carboxylic acids is 1. The van der Waals surface area contributed by atoms with E-state index in [1.165, 1.54) is 0 Å². The van der Waals surface area contributed by atoms with Crippen LogP contribution in [0.15, 0.2) is 30.5 Å². The number of nitriles is 1. The van der Waals surface area contributed by atoms with Crippen LogP contribution < -0.4 is 15.4 Å². The van der Waals surface area contributed by atoms with Crippen molar-refractivity contribution < 1.29 is 9.53 Å². The van der Waals surface area contributed by atoms with Crippen LogP contribution in [0.4, 0.5) is 5.82 Å². The SMILES string of the molecule is COc1cccc(CC(=O)NCc2cnc(C#N)nc2NCC(C)(C)C)c1. The van der Waals surface area contributed by atoms with E-state index in [1.54, 1.807) is 13.3 Å². The molecule has 0 aliphatic rings. The van der Waals surface area contributed by atoms with Crippen LogP contribution in [0.2, 0.25) is 0 Å². The molecule has 0 unspecified atom stereocenters. The van der Waals surface area contributed by atoms with Crippen molar-refractivity contribution in [1.29, 1.82) is 5.26 Å². The second-order valence-corrected chi connectivity index (χ2v) is 7.40. The Hall–Kier alpha value is -3.14. The highest BCUT2D eigenvalue weighted by atomic mass is 16.5. The van der Waals surface area contributed by atoms with Crippen LogP contribution >= 0.6 is 0 Å². The Kier molecular flexibility index (Phi) is 6.72. The molecule has 0 fully saturated rings. The Morgan fingerprint density at radius 2 is 2.11 bits per heavy atom. The number of hydrogen-bond acceptors (Lipinski definition) is 6. The fourth-order valence-electron chi connectivity index (χ4n) is 2.32. The number of ether oxygens (including phenoxy) is 1. The average Bonchev–Trinajstić information content (AvgIpc) is 2.64. The number of benzene rings is 1. The van der Waals surface area contributed by atoms with E-state index in [4.69, 9.17) is 10.00 Å². The quantitative estimate of drug-likeness (QED) is 0.780. The highest BCUT2D eigenvalue weighted by molar-refractivity contribution is 5.78. The lowest BCUT2D eigenvalue weighted by atomic mass is 9.97. The highest BCUT2D eigenvalue weighted by Crippen LogP contribution is 2.17. The van der Waals surface area contributed by atoms with Gasteiger partial charge >= 0.3 is 0 Å². The van der Waals surface area contributed by atoms with Gasteiger partial charge in [0.15, 0.2) is 0 Å². The van der Waals surface area contributed by atoms with E-state index in [-0.39, 0.29) is 30.1 Å². The lowest BCUT2D eigenvalue weighted by molar-refractivity contribution is -0.120. The molecule has 1 aromatic carbocycles. The number of carbonyl (C=O) groups is 1. The standard InChI is InChI=1S/C20H25N5O2/c1-20(2,3)13-24-19-15(11-22-17(10-21)25-19)12-23-18(26)9-14-6-5-7-16(8-14)27-4/h5-8,11H,9,12-13H2,1-4H3,(H,23,26)(H,22,24,25). The van der Waals surface area contributed by atoms with Gasteiger partial charge in [-0.25, -0.2) is 9.97 Å². The molecule has 142 valence electrons. The van der Waals surface area contributed by atoms with Gasteiger partial charge in [-0.15, -0.1) is 0 Å². The minimum absolute atomic E-state index is 0.0463. The molecule has 0 atom stereocenters. The van der Waals surface area contributed by atoms with Gasteiger partial charge in [0.1, 0.15) is 17.6 Å². The molecule has 0 saturated heterocycles. The van der Waals surface area contributed by atoms with E-state index in [9.17, 15) is 4.79 Å². The molecule has 0 saturated carbocycles. The van der Waals surface area contributed by atoms with Crippen LogP contribution in [0.25, 0.3) is 0 Å². The molecular weight excluding hydrogens is 342 g/mol. The highest BCUT2D eigenvalue weighted by Gasteiger charge is 2.14. The third-order valence-corrected chi connectivity index (χ3v) is 3.73. The Morgan fingerprint density at radius 3 is 2.78 bits per heavy atom. The normalized spacial score (nSPS) is 10.8. The van der Waals surface area contributed by atoms with Gasteiger partial charge in [-0.1, -0.05) is 32.9 Å². The van der Waals surface area contributed by atoms with Gasteiger partial charge in [0.25, 0.3) is 0 Å². The van der Waals surface area contributed by atoms with Crippen LogP contribution in [-0.2, 0) is 17.8 Å². The molecule has 7 heteroatoms. The molecule has 2 N–H and O–H groups in total. The molecule has 7 nitrogen and oxygen atoms in total. The van der Waals surface area contributed by atoms with Crippen molar-refractivity contribution in [2.75, 3.05) is 19.0 Å². The molecular formula is C20H25N5O2. The van der Waals surface area contributed by atoms with Crippen LogP contribution in [0.1, 0.15) is 37.7 Å². The molecule has 27 heavy (non-hydrogen) atoms. The number of amides is 1. The van der Waals surface area contributed by atoms with E-state index in [0.29, 0.717) is 12.4 Å². The van der Waals surface area contributed by atoms with E-state index in [1.807, 2.05) is 30.3 Å². The van der Waals surface area contributed by atoms with Crippen LogP contribution in [0.5, 0.6) is 5.75 Å². The number of anilines is 1. The summed E-state index contributed by atoms with van der Waals surface area (Å²) < 4.78 is 5.17. The molecule has 1 aromatic heterocycles. The maximum absolute atomic E-state index is 12.3. The fourth-order valence-corrected chi connectivity index (χ4v) is 2.32. The number of aromatic nitrogens is 2. The first kappa shape index (κ1) is 20.2. The first-order valence-corrected chi connectivity index (χ1v) is 8.70. The number of rotatable bonds is 7. The maximum atomic E-state index is 12.3. The predicted molar refractivity (Wildman–Crippen MR) is 103 cm³/mol. The van der Waals surface area contributed by atoms with Gasteiger partial charge in [-0.3, -0.25) is 4.79 Å². The van der Waals surface area contributed by atoms with Crippen molar-refractivity contribution in [2.24, 2.45) is 5.41 Å². The summed E-state index contributed by atoms with van der Waals surface area (Å²) in [4.78, 5) is 20.5. The molecule has 2 rings (SSSR count). The van der Waals surface area contributed by atoms with E-state index in [0.717, 1.165) is 16.9 Å². The average molecular weight is 367 g/mol. The molecule has 0 spiro atoms. The van der Waals surface area contributed by atoms with Crippen LogP contribution in [-0.4, -0.2) is 29.5 Å². The molecule has 0 aliphatic carbocycles. The topological polar surface area (TPSA) is 99.9 Å².